The van der Waals surface area contributed by atoms with E-state index in [9.17, 15) is 72.2 Å². The van der Waals surface area contributed by atoms with E-state index in [4.69, 9.17) is 34.2 Å². The highest BCUT2D eigenvalue weighted by atomic mass is 32.1. The lowest BCUT2D eigenvalue weighted by molar-refractivity contribution is -0.148. The van der Waals surface area contributed by atoms with Gasteiger partial charge in [0, 0.05) is 154 Å². The van der Waals surface area contributed by atoms with Crippen molar-refractivity contribution in [1.82, 2.24) is 75.1 Å². The third-order valence-electron chi connectivity index (χ3n) is 21.9. The van der Waals surface area contributed by atoms with Gasteiger partial charge < -0.3 is 74.1 Å². The van der Waals surface area contributed by atoms with Crippen LogP contribution >= 0.6 is 27.0 Å². The van der Waals surface area contributed by atoms with Gasteiger partial charge >= 0.3 is 5.97 Å². The zero-order valence-corrected chi connectivity index (χ0v) is 71.0. The average Bonchev–Trinajstić information content (AvgIpc) is 1.57. The summed E-state index contributed by atoms with van der Waals surface area (Å²) in [6, 6.07) is 16.9. The molecule has 0 saturated carbocycles. The zero-order valence-electron chi connectivity index (χ0n) is 69.0. The Morgan fingerprint density at radius 2 is 0.878 bits per heavy atom. The van der Waals surface area contributed by atoms with Crippen LogP contribution in [0.3, 0.4) is 0 Å². The normalized spacial score (nSPS) is 17.2. The van der Waals surface area contributed by atoms with E-state index in [0.717, 1.165) is 67.0 Å². The number of amides is 11. The molecule has 0 bridgehead atoms. The Bertz CT molecular complexity index is 5520. The fourth-order valence-electron chi connectivity index (χ4n) is 15.1. The standard InChI is InChI=1S/C42H46N8O10.C22H23N3O5.C20H25N5O6.2H2S/c1-47(15-12-44-37(52)23-60-25-5-6-27-28(19-25)42(57)50(41(27)56)33-7-8-36(51)46-39(33)54)16-13-45-38(53)32-10-14-49(32)22-31-34(58-3)17-24(18-35(31)59-4)30-21-48(2)40(55)29-20-43-11-9-26(29)30;1-24-11-16(14-4-6-23-10-15(14)21(24)26)13-8-19(29-2)17(20(9-13)30-3)12-25-7-5-18(25)22(27)28;1-24(8-6-21)9-7-22-17(27)11-31-12-2-3-13-14(10-12)20(30)25(19(13)29)15-4-5-16(26)23-18(15)28;;/h5-6,9,11,17-21,32-33H,7-8,10,12-16,22-23H2,1-4H3,(H,44,52)(H,45,53)(H,46,51,54);4,6,8-11,18H,5,7,12H2,1-3H3,(H,27,28);2-3,10,15H,4-9,11,21H2,1H3,(H,22,27)(H,23,26,28);2*1H2/t32-,33?;18-;;;/m00.../s1. The van der Waals surface area contributed by atoms with Gasteiger partial charge in [0.05, 0.1) is 78.6 Å². The molecule has 4 atom stereocenters. The van der Waals surface area contributed by atoms with E-state index in [2.05, 4.69) is 41.5 Å². The summed E-state index contributed by atoms with van der Waals surface area (Å²) in [5.74, 6) is -3.53. The first-order chi connectivity index (χ1) is 58.1. The molecule has 0 radical (unpaired) electrons. The van der Waals surface area contributed by atoms with Gasteiger partial charge in [-0.2, -0.15) is 27.0 Å². The molecule has 4 fully saturated rings. The number of carboxylic acids is 1. The van der Waals surface area contributed by atoms with Crippen LogP contribution in [-0.4, -0.2) is 270 Å². The smallest absolute Gasteiger partial charge is 0.320 e. The number of aromatic nitrogens is 4. The summed E-state index contributed by atoms with van der Waals surface area (Å²) in [7, 11) is 13.5. The van der Waals surface area contributed by atoms with E-state index in [1.807, 2.05) is 65.2 Å². The molecule has 4 saturated heterocycles. The summed E-state index contributed by atoms with van der Waals surface area (Å²) < 4.78 is 37.1. The minimum absolute atomic E-state index is 0. The van der Waals surface area contributed by atoms with E-state index in [1.165, 1.54) is 45.5 Å². The maximum absolute atomic E-state index is 13.2. The minimum atomic E-state index is -1.08. The number of hydrogen-bond acceptors (Lipinski definition) is 27. The highest BCUT2D eigenvalue weighted by Crippen LogP contribution is 2.42. The van der Waals surface area contributed by atoms with Gasteiger partial charge in [-0.25, -0.2) is 0 Å². The third kappa shape index (κ3) is 20.8. The lowest BCUT2D eigenvalue weighted by Gasteiger charge is -2.40. The first kappa shape index (κ1) is 92.6. The number of carbonyl (C=O) groups excluding carboxylic acids is 11. The number of imide groups is 4. The molecule has 14 rings (SSSR count). The molecular formula is C84H98N16O21S2. The lowest BCUT2D eigenvalue weighted by Crippen LogP contribution is -2.56. The maximum Gasteiger partial charge on any atom is 0.320 e. The second kappa shape index (κ2) is 41.3. The highest BCUT2D eigenvalue weighted by Gasteiger charge is 2.47. The van der Waals surface area contributed by atoms with Crippen molar-refractivity contribution in [3.05, 3.63) is 164 Å². The number of nitrogens with one attached hydrogen (secondary N) is 5. The average molecular weight is 1730 g/mol. The van der Waals surface area contributed by atoms with Crippen molar-refractivity contribution >= 4 is 119 Å². The van der Waals surface area contributed by atoms with E-state index >= 15 is 0 Å². The van der Waals surface area contributed by atoms with Gasteiger partial charge in [-0.05, 0) is 134 Å². The summed E-state index contributed by atoms with van der Waals surface area (Å²) >= 11 is 0. The number of aryl methyl sites for hydroxylation is 2. The molecule has 123 heavy (non-hydrogen) atoms. The van der Waals surface area contributed by atoms with Gasteiger partial charge in [0.2, 0.25) is 29.5 Å². The second-order valence-electron chi connectivity index (χ2n) is 29.6. The van der Waals surface area contributed by atoms with Crippen LogP contribution < -0.4 is 71.9 Å². The zero-order chi connectivity index (χ0) is 86.6. The van der Waals surface area contributed by atoms with Crippen LogP contribution in [0, 0.1) is 0 Å². The summed E-state index contributed by atoms with van der Waals surface area (Å²) in [6.45, 7) is 5.82. The summed E-state index contributed by atoms with van der Waals surface area (Å²) in [6.07, 6.45) is 11.6. The van der Waals surface area contributed by atoms with E-state index < -0.39 is 77.3 Å². The van der Waals surface area contributed by atoms with E-state index in [1.54, 1.807) is 79.7 Å². The van der Waals surface area contributed by atoms with Crippen molar-refractivity contribution in [3.8, 4) is 56.8 Å². The molecule has 6 aliphatic rings. The van der Waals surface area contributed by atoms with Crippen molar-refractivity contribution < 1.29 is 91.1 Å². The van der Waals surface area contributed by atoms with Crippen molar-refractivity contribution in [2.45, 2.75) is 75.8 Å². The molecule has 39 heteroatoms. The Balaban J connectivity index is 0.000000211. The first-order valence-corrected chi connectivity index (χ1v) is 39.1. The summed E-state index contributed by atoms with van der Waals surface area (Å²) in [5, 5.41) is 24.8. The number of likely N-dealkylation sites (N-methyl/N-ethyl adjacent to an activating group) is 2. The number of ether oxygens (including phenoxy) is 6. The number of carbonyl (C=O) groups is 12. The van der Waals surface area contributed by atoms with Crippen LogP contribution in [0.1, 0.15) is 91.1 Å². The van der Waals surface area contributed by atoms with Crippen LogP contribution in [0.4, 0.5) is 0 Å². The number of pyridine rings is 4. The monoisotopic (exact) mass is 1730 g/mol. The largest absolute Gasteiger partial charge is 0.496 e. The topological polar surface area (TPSA) is 456 Å². The van der Waals surface area contributed by atoms with Crippen molar-refractivity contribution in [2.24, 2.45) is 19.8 Å². The summed E-state index contributed by atoms with van der Waals surface area (Å²) in [5.41, 5.74) is 10.5. The van der Waals surface area contributed by atoms with Crippen molar-refractivity contribution in [2.75, 3.05) is 121 Å². The molecular weight excluding hydrogens is 1630 g/mol. The van der Waals surface area contributed by atoms with Crippen molar-refractivity contribution in [3.63, 3.8) is 0 Å². The SMILES string of the molecule is CN(CCN)CCNC(=O)COc1ccc2c(c1)C(=O)N(C1CCC(=O)NC1=O)C2=O.COc1cc(-c2cn(C)c(=O)c3cnccc23)cc(OC)c1CN1CC[C@H]1C(=O)NCCN(C)CCNC(=O)COc1ccc2c(c1)C(=O)N(C1CCC(=O)NC1=O)C2=O.COc1cc(-c2cn(C)c(=O)c3cnccc23)cc(OC)c1CN1CC[C@H]1C(=O)O.S.S. The molecule has 2 unspecified atom stereocenters. The number of piperidine rings is 2. The molecule has 4 aromatic heterocycles. The molecule has 652 valence electrons. The molecule has 8 aromatic rings. The number of hydrogen-bond donors (Lipinski definition) is 7. The Labute approximate surface area is 719 Å². The predicted molar refractivity (Wildman–Crippen MR) is 457 cm³/mol. The second-order valence-corrected chi connectivity index (χ2v) is 29.6. The third-order valence-corrected chi connectivity index (χ3v) is 21.9. The van der Waals surface area contributed by atoms with Gasteiger partial charge in [0.15, 0.2) is 13.2 Å². The number of aliphatic carboxylic acids is 1. The molecule has 6 aliphatic heterocycles. The number of carboxylic acid groups (broad SMARTS) is 1. The van der Waals surface area contributed by atoms with E-state index in [0.29, 0.717) is 112 Å². The number of nitrogens with two attached hydrogens (primary N) is 1. The summed E-state index contributed by atoms with van der Waals surface area (Å²) in [4.78, 5) is 191. The van der Waals surface area contributed by atoms with Gasteiger partial charge in [-0.15, -0.1) is 0 Å². The van der Waals surface area contributed by atoms with Crippen LogP contribution in [0.5, 0.6) is 34.5 Å². The number of likely N-dealkylation sites (tertiary alicyclic amines) is 2. The van der Waals surface area contributed by atoms with E-state index in [-0.39, 0.29) is 129 Å². The lowest BCUT2D eigenvalue weighted by atomic mass is 9.97. The van der Waals surface area contributed by atoms with Crippen molar-refractivity contribution in [1.29, 1.82) is 0 Å². The quantitative estimate of drug-likeness (QED) is 0.0305. The number of benzene rings is 4. The number of methoxy groups -OCH3 is 4. The molecule has 37 nitrogen and oxygen atoms in total. The van der Waals surface area contributed by atoms with Gasteiger partial charge in [-0.1, -0.05) is 0 Å². The van der Waals surface area contributed by atoms with Crippen LogP contribution in [0.15, 0.2) is 120 Å². The van der Waals surface area contributed by atoms with Crippen LogP contribution in [0.25, 0.3) is 43.8 Å². The Kier molecular flexibility index (Phi) is 31.1. The first-order valence-electron chi connectivity index (χ1n) is 39.1. The number of fused-ring (bicyclic) bond motifs is 4. The predicted octanol–water partition coefficient (Wildman–Crippen LogP) is 1.81. The van der Waals surface area contributed by atoms with Gasteiger partial charge in [0.1, 0.15) is 52.6 Å². The number of nitrogens with zero attached hydrogens (tertiary/aromatic N) is 10. The molecule has 0 aliphatic carbocycles. The highest BCUT2D eigenvalue weighted by molar-refractivity contribution is 7.59. The molecule has 4 aromatic carbocycles. The molecule has 0 spiro atoms. The molecule has 10 heterocycles. The molecule has 8 N–H and O–H groups in total. The number of rotatable bonds is 31. The van der Waals surface area contributed by atoms with Gasteiger partial charge in [0.25, 0.3) is 46.6 Å². The Hall–Kier alpha value is -12.7. The minimum Gasteiger partial charge on any atom is -0.496 e. The maximum atomic E-state index is 13.2. The van der Waals surface area contributed by atoms with Gasteiger partial charge in [-0.3, -0.25) is 107 Å². The fraction of sp³-hybridized carbons (Fsp3) is 0.381. The fourth-order valence-corrected chi connectivity index (χ4v) is 15.1. The Morgan fingerprint density at radius 3 is 1.24 bits per heavy atom. The van der Waals surface area contributed by atoms with Crippen LogP contribution in [0.2, 0.25) is 0 Å². The Morgan fingerprint density at radius 1 is 0.496 bits per heavy atom. The molecule has 11 amide bonds. The van der Waals surface area contributed by atoms with Crippen LogP contribution in [-0.2, 0) is 65.5 Å².